The fourth-order valence-electron chi connectivity index (χ4n) is 2.05. The van der Waals surface area contributed by atoms with E-state index < -0.39 is 0 Å². The van der Waals surface area contributed by atoms with Crippen molar-refractivity contribution in [3.8, 4) is 0 Å². The van der Waals surface area contributed by atoms with Crippen LogP contribution in [0.3, 0.4) is 0 Å². The first-order chi connectivity index (χ1) is 9.24. The Bertz CT molecular complexity index is 323. The minimum Gasteiger partial charge on any atom is -0.379 e. The zero-order valence-electron chi connectivity index (χ0n) is 11.4. The van der Waals surface area contributed by atoms with Crippen molar-refractivity contribution in [3.63, 3.8) is 0 Å². The summed E-state index contributed by atoms with van der Waals surface area (Å²) in [7, 11) is 0. The smallest absolute Gasteiger partial charge is 0.240 e. The molecule has 2 rings (SSSR count). The number of nitrogens with zero attached hydrogens (tertiary/aromatic N) is 3. The maximum Gasteiger partial charge on any atom is 0.240 e. The molecule has 0 aliphatic carbocycles. The lowest BCUT2D eigenvalue weighted by atomic mass is 10.3. The zero-order chi connectivity index (χ0) is 13.5. The summed E-state index contributed by atoms with van der Waals surface area (Å²) in [4.78, 5) is 11.8. The number of rotatable bonds is 4. The Morgan fingerprint density at radius 1 is 1.11 bits per heavy atom. The van der Waals surface area contributed by atoms with Gasteiger partial charge in [0.15, 0.2) is 0 Å². The molecule has 0 radical (unpaired) electrons. The summed E-state index contributed by atoms with van der Waals surface area (Å²) in [5.41, 5.74) is 3.70. The monoisotopic (exact) mass is 270 g/mol. The Labute approximate surface area is 113 Å². The van der Waals surface area contributed by atoms with Crippen molar-refractivity contribution in [2.24, 2.45) is 5.10 Å². The molecular weight excluding hydrogens is 248 g/mol. The number of amides is 1. The first-order valence-corrected chi connectivity index (χ1v) is 6.73. The Morgan fingerprint density at radius 3 is 2.32 bits per heavy atom. The summed E-state index contributed by atoms with van der Waals surface area (Å²) in [5, 5.41) is 8.29. The van der Waals surface area contributed by atoms with E-state index in [0.29, 0.717) is 32.8 Å². The highest BCUT2D eigenvalue weighted by atomic mass is 16.5. The SMILES string of the molecule is C/C(CC(=O)NN1CCOCC1)=N\N1CCOCC1. The summed E-state index contributed by atoms with van der Waals surface area (Å²) in [6.07, 6.45) is 0.328. The molecule has 0 saturated carbocycles. The van der Waals surface area contributed by atoms with Crippen molar-refractivity contribution in [2.75, 3.05) is 52.6 Å². The minimum absolute atomic E-state index is 0.0172. The lowest BCUT2D eigenvalue weighted by molar-refractivity contribution is -0.126. The van der Waals surface area contributed by atoms with E-state index in [-0.39, 0.29) is 5.91 Å². The van der Waals surface area contributed by atoms with E-state index in [0.717, 1.165) is 31.9 Å². The number of ether oxygens (including phenoxy) is 2. The molecule has 1 amide bonds. The van der Waals surface area contributed by atoms with Gasteiger partial charge < -0.3 is 9.47 Å². The van der Waals surface area contributed by atoms with E-state index in [9.17, 15) is 4.79 Å². The normalized spacial score (nSPS) is 22.4. The average molecular weight is 270 g/mol. The molecule has 19 heavy (non-hydrogen) atoms. The first kappa shape index (κ1) is 14.2. The first-order valence-electron chi connectivity index (χ1n) is 6.73. The second-order valence-corrected chi connectivity index (χ2v) is 4.71. The number of hydrazine groups is 1. The van der Waals surface area contributed by atoms with Crippen LogP contribution < -0.4 is 5.43 Å². The third-order valence-electron chi connectivity index (χ3n) is 3.01. The van der Waals surface area contributed by atoms with Gasteiger partial charge in [0.1, 0.15) is 0 Å². The van der Waals surface area contributed by atoms with E-state index in [4.69, 9.17) is 9.47 Å². The van der Waals surface area contributed by atoms with Crippen molar-refractivity contribution in [1.82, 2.24) is 15.4 Å². The van der Waals surface area contributed by atoms with E-state index in [1.165, 1.54) is 0 Å². The fraction of sp³-hybridized carbons (Fsp3) is 0.833. The van der Waals surface area contributed by atoms with Crippen LogP contribution in [0.5, 0.6) is 0 Å². The predicted molar refractivity (Wildman–Crippen MR) is 70.7 cm³/mol. The van der Waals surface area contributed by atoms with Crippen molar-refractivity contribution < 1.29 is 14.3 Å². The maximum atomic E-state index is 11.8. The van der Waals surface area contributed by atoms with Crippen LogP contribution in [-0.2, 0) is 14.3 Å². The highest BCUT2D eigenvalue weighted by Crippen LogP contribution is 2.00. The fourth-order valence-corrected chi connectivity index (χ4v) is 2.05. The summed E-state index contributed by atoms with van der Waals surface area (Å²) in [6, 6.07) is 0. The summed E-state index contributed by atoms with van der Waals surface area (Å²) in [6.45, 7) is 7.70. The Hall–Kier alpha value is -1.18. The van der Waals surface area contributed by atoms with E-state index >= 15 is 0 Å². The van der Waals surface area contributed by atoms with Crippen molar-refractivity contribution >= 4 is 11.6 Å². The molecule has 108 valence electrons. The van der Waals surface area contributed by atoms with Crippen molar-refractivity contribution in [2.45, 2.75) is 13.3 Å². The number of carbonyl (C=O) groups excluding carboxylic acids is 1. The van der Waals surface area contributed by atoms with Crippen LogP contribution in [0.1, 0.15) is 13.3 Å². The lowest BCUT2D eigenvalue weighted by Crippen LogP contribution is -2.48. The summed E-state index contributed by atoms with van der Waals surface area (Å²) in [5.74, 6) is -0.0172. The third-order valence-corrected chi connectivity index (χ3v) is 3.01. The van der Waals surface area contributed by atoms with Gasteiger partial charge in [-0.15, -0.1) is 0 Å². The molecular formula is C12H22N4O3. The molecule has 7 nitrogen and oxygen atoms in total. The van der Waals surface area contributed by atoms with Gasteiger partial charge in [-0.2, -0.15) is 5.10 Å². The second-order valence-electron chi connectivity index (χ2n) is 4.71. The van der Waals surface area contributed by atoms with Crippen LogP contribution in [0.4, 0.5) is 0 Å². The molecule has 7 heteroatoms. The van der Waals surface area contributed by atoms with Crippen LogP contribution in [0, 0.1) is 0 Å². The van der Waals surface area contributed by atoms with Gasteiger partial charge in [-0.25, -0.2) is 5.01 Å². The zero-order valence-corrected chi connectivity index (χ0v) is 11.4. The molecule has 2 aliphatic heterocycles. The van der Waals surface area contributed by atoms with Gasteiger partial charge in [0.25, 0.3) is 0 Å². The number of nitrogens with one attached hydrogen (secondary N) is 1. The molecule has 0 unspecified atom stereocenters. The predicted octanol–water partition coefficient (Wildman–Crippen LogP) is -0.552. The molecule has 0 bridgehead atoms. The number of hydrogen-bond acceptors (Lipinski definition) is 6. The molecule has 2 saturated heterocycles. The summed E-state index contributed by atoms with van der Waals surface area (Å²) < 4.78 is 10.5. The lowest BCUT2D eigenvalue weighted by Gasteiger charge is -2.27. The van der Waals surface area contributed by atoms with Crippen LogP contribution in [-0.4, -0.2) is 74.2 Å². The molecule has 2 fully saturated rings. The topological polar surface area (TPSA) is 66.4 Å². The molecule has 1 N–H and O–H groups in total. The van der Waals surface area contributed by atoms with E-state index in [1.807, 2.05) is 16.9 Å². The Morgan fingerprint density at radius 2 is 1.68 bits per heavy atom. The molecule has 2 aliphatic rings. The van der Waals surface area contributed by atoms with Gasteiger partial charge in [0.05, 0.1) is 45.9 Å². The van der Waals surface area contributed by atoms with Crippen LogP contribution >= 0.6 is 0 Å². The number of hydrazone groups is 1. The van der Waals surface area contributed by atoms with Gasteiger partial charge in [-0.05, 0) is 6.92 Å². The second kappa shape index (κ2) is 7.42. The van der Waals surface area contributed by atoms with Gasteiger partial charge in [0, 0.05) is 18.8 Å². The molecule has 0 spiro atoms. The number of carbonyl (C=O) groups is 1. The molecule has 0 atom stereocenters. The average Bonchev–Trinajstić information content (AvgIpc) is 2.40. The number of hydrogen-bond donors (Lipinski definition) is 1. The molecule has 2 heterocycles. The summed E-state index contributed by atoms with van der Waals surface area (Å²) >= 11 is 0. The Kier molecular flexibility index (Phi) is 5.56. The van der Waals surface area contributed by atoms with Crippen molar-refractivity contribution in [1.29, 1.82) is 0 Å². The minimum atomic E-state index is -0.0172. The maximum absolute atomic E-state index is 11.8. The number of morpholine rings is 2. The molecule has 0 aromatic carbocycles. The van der Waals surface area contributed by atoms with E-state index in [1.54, 1.807) is 0 Å². The van der Waals surface area contributed by atoms with Gasteiger partial charge in [0.2, 0.25) is 5.91 Å². The van der Waals surface area contributed by atoms with Gasteiger partial charge in [-0.3, -0.25) is 15.2 Å². The van der Waals surface area contributed by atoms with Crippen molar-refractivity contribution in [3.05, 3.63) is 0 Å². The Balaban J connectivity index is 1.72. The quantitative estimate of drug-likeness (QED) is 0.694. The van der Waals surface area contributed by atoms with Crippen LogP contribution in [0.25, 0.3) is 0 Å². The molecule has 0 aromatic heterocycles. The highest BCUT2D eigenvalue weighted by Gasteiger charge is 2.14. The third kappa shape index (κ3) is 5.14. The standard InChI is InChI=1S/C12H22N4O3/c1-11(13-15-2-6-18-7-3-15)10-12(17)14-16-4-8-19-9-5-16/h2-10H2,1H3,(H,14,17)/b13-11+. The van der Waals surface area contributed by atoms with Crippen LogP contribution in [0.15, 0.2) is 5.10 Å². The largest absolute Gasteiger partial charge is 0.379 e. The highest BCUT2D eigenvalue weighted by molar-refractivity contribution is 5.99. The van der Waals surface area contributed by atoms with E-state index in [2.05, 4.69) is 10.5 Å². The van der Waals surface area contributed by atoms with Gasteiger partial charge in [-0.1, -0.05) is 0 Å². The van der Waals surface area contributed by atoms with Gasteiger partial charge >= 0.3 is 0 Å². The molecule has 0 aromatic rings. The van der Waals surface area contributed by atoms with Crippen LogP contribution in [0.2, 0.25) is 0 Å².